The van der Waals surface area contributed by atoms with Crippen LogP contribution < -0.4 is 39.4 Å². The second-order valence-electron chi connectivity index (χ2n) is 20.0. The van der Waals surface area contributed by atoms with Crippen LogP contribution in [0.1, 0.15) is 76.6 Å². The van der Waals surface area contributed by atoms with Crippen LogP contribution in [0.5, 0.6) is 23.0 Å². The first-order valence-corrected chi connectivity index (χ1v) is 28.8. The van der Waals surface area contributed by atoms with Crippen molar-refractivity contribution in [2.24, 2.45) is 33.5 Å². The van der Waals surface area contributed by atoms with Gasteiger partial charge in [0.25, 0.3) is 11.8 Å². The van der Waals surface area contributed by atoms with E-state index in [1.807, 2.05) is 32.1 Å². The summed E-state index contributed by atoms with van der Waals surface area (Å²) < 4.78 is 78.4. The molecule has 0 saturated carbocycles. The van der Waals surface area contributed by atoms with E-state index in [4.69, 9.17) is 34.7 Å². The molecule has 4 aliphatic heterocycles. The fraction of sp³-hybridized carbons (Fsp3) is 0.310. The Morgan fingerprint density at radius 1 is 0.637 bits per heavy atom. The summed E-state index contributed by atoms with van der Waals surface area (Å²) in [6, 6.07) is 24.2. The van der Waals surface area contributed by atoms with Crippen molar-refractivity contribution in [1.29, 1.82) is 0 Å². The predicted molar refractivity (Wildman–Crippen MR) is 303 cm³/mol. The molecule has 20 nitrogen and oxygen atoms in total. The smallest absolute Gasteiger partial charge is 0.257 e. The highest BCUT2D eigenvalue weighted by Crippen LogP contribution is 2.41. The molecule has 4 atom stereocenters. The van der Waals surface area contributed by atoms with Gasteiger partial charge in [-0.05, 0) is 121 Å². The van der Waals surface area contributed by atoms with Crippen LogP contribution in [0.2, 0.25) is 0 Å². The van der Waals surface area contributed by atoms with Gasteiger partial charge < -0.3 is 39.8 Å². The summed E-state index contributed by atoms with van der Waals surface area (Å²) in [6.07, 6.45) is 8.24. The van der Waals surface area contributed by atoms with Crippen LogP contribution >= 0.6 is 0 Å². The van der Waals surface area contributed by atoms with Crippen molar-refractivity contribution in [2.45, 2.75) is 68.7 Å². The molecule has 4 aliphatic rings. The van der Waals surface area contributed by atoms with E-state index in [1.54, 1.807) is 114 Å². The minimum atomic E-state index is -3.61. The number of aliphatic imine (C=N–C) groups is 2. The molecular formula is C58H62N8O12S2. The first kappa shape index (κ1) is 56.5. The Labute approximate surface area is 464 Å². The lowest BCUT2D eigenvalue weighted by Gasteiger charge is -2.32. The number of nitrogens with two attached hydrogens (primary N) is 1. The van der Waals surface area contributed by atoms with E-state index in [0.717, 1.165) is 22.3 Å². The maximum absolute atomic E-state index is 14.2. The zero-order valence-corrected chi connectivity index (χ0v) is 46.8. The lowest BCUT2D eigenvalue weighted by molar-refractivity contribution is -0.131. The molecule has 5 aromatic rings. The number of nitrogens with zero attached hydrogens (tertiary/aromatic N) is 4. The molecule has 4 amide bonds. The van der Waals surface area contributed by atoms with Gasteiger partial charge >= 0.3 is 0 Å². The van der Waals surface area contributed by atoms with Gasteiger partial charge in [-0.2, -0.15) is 0 Å². The SMILES string of the molecule is CNS(=O)(=O)c1ccc(C2=CCN3C(=O)c4cc(OC)c(OCc5cc(COc6cc7c(cc6OC)C(=O)N6CC=C(c8ccc(S(=O)(=O)NC)cc8)C[C@H]6C=N7)cc(NC(=O)[C@@H](C)C(C(N)=O)C(C)C)c5)cc4N=C[C@@H]3C2)cc1. The van der Waals surface area contributed by atoms with E-state index in [1.165, 1.54) is 28.3 Å². The molecule has 418 valence electrons. The van der Waals surface area contributed by atoms with Crippen LogP contribution in [0.25, 0.3) is 11.1 Å². The summed E-state index contributed by atoms with van der Waals surface area (Å²) >= 11 is 0. The molecular weight excluding hydrogens is 1060 g/mol. The van der Waals surface area contributed by atoms with Gasteiger partial charge in [0, 0.05) is 49.3 Å². The van der Waals surface area contributed by atoms with Gasteiger partial charge in [-0.1, -0.05) is 57.2 Å². The Morgan fingerprint density at radius 2 is 1.06 bits per heavy atom. The van der Waals surface area contributed by atoms with Gasteiger partial charge in [0.05, 0.1) is 64.5 Å². The summed E-state index contributed by atoms with van der Waals surface area (Å²) in [5.74, 6) is -2.10. The number of amides is 4. The van der Waals surface area contributed by atoms with Crippen molar-refractivity contribution in [2.75, 3.05) is 46.7 Å². The number of hydrogen-bond donors (Lipinski definition) is 4. The quantitative estimate of drug-likeness (QED) is 0.0649. The predicted octanol–water partition coefficient (Wildman–Crippen LogP) is 7.04. The molecule has 9 rings (SSSR count). The van der Waals surface area contributed by atoms with Crippen LogP contribution in [0.3, 0.4) is 0 Å². The second-order valence-corrected chi connectivity index (χ2v) is 23.8. The van der Waals surface area contributed by atoms with Gasteiger partial charge in [-0.25, -0.2) is 26.3 Å². The Balaban J connectivity index is 0.952. The first-order chi connectivity index (χ1) is 38.2. The van der Waals surface area contributed by atoms with Crippen LogP contribution in [0.4, 0.5) is 17.1 Å². The maximum atomic E-state index is 14.2. The average molecular weight is 1130 g/mol. The summed E-state index contributed by atoms with van der Waals surface area (Å²) in [5, 5.41) is 2.97. The van der Waals surface area contributed by atoms with Crippen molar-refractivity contribution in [3.8, 4) is 23.0 Å². The monoisotopic (exact) mass is 1130 g/mol. The molecule has 5 aromatic carbocycles. The van der Waals surface area contributed by atoms with E-state index in [0.29, 0.717) is 65.2 Å². The molecule has 80 heavy (non-hydrogen) atoms. The number of primary amides is 1. The van der Waals surface area contributed by atoms with E-state index in [9.17, 15) is 36.0 Å². The summed E-state index contributed by atoms with van der Waals surface area (Å²) in [4.78, 5) is 67.9. The molecule has 0 spiro atoms. The van der Waals surface area contributed by atoms with Crippen molar-refractivity contribution in [1.82, 2.24) is 19.2 Å². The number of hydrogen-bond acceptors (Lipinski definition) is 14. The number of fused-ring (bicyclic) bond motifs is 4. The van der Waals surface area contributed by atoms with Gasteiger partial charge in [-0.15, -0.1) is 0 Å². The van der Waals surface area contributed by atoms with Gasteiger partial charge in [0.15, 0.2) is 23.0 Å². The third-order valence-electron chi connectivity index (χ3n) is 14.8. The highest BCUT2D eigenvalue weighted by Gasteiger charge is 2.35. The number of ether oxygens (including phenoxy) is 4. The number of methoxy groups -OCH3 is 2. The molecule has 0 aliphatic carbocycles. The molecule has 0 aromatic heterocycles. The minimum absolute atomic E-state index is 0.0534. The zero-order chi connectivity index (χ0) is 57.2. The van der Waals surface area contributed by atoms with Crippen LogP contribution in [0, 0.1) is 17.8 Å². The third kappa shape index (κ3) is 11.7. The lowest BCUT2D eigenvalue weighted by Crippen LogP contribution is -2.43. The standard InChI is InChI=1S/C58H62N8O12S2/c1-33(2)54(55(59)67)34(3)56(68)64-41-21-35(31-77-52-27-48-46(25-50(52)75-6)57(69)65-18-16-39(23-42(65)29-62-48)37-8-12-44(13-9-37)79(71,72)60-4)20-36(22-41)32-78-53-28-49-47(26-51(53)76-7)58(70)66-19-17-40(24-43(66)30-63-49)38-10-14-45(15-11-38)80(73,74)61-5/h8-17,20-22,25-30,33-34,42-43,54,60-61H,18-19,23-24,31-32H2,1-7H3,(H2,59,67)(H,64,68)/t34-,42-,43-,54?/m0/s1. The van der Waals surface area contributed by atoms with E-state index in [-0.39, 0.29) is 63.7 Å². The largest absolute Gasteiger partial charge is 0.493 e. The molecule has 5 N–H and O–H groups in total. The molecule has 0 fully saturated rings. The number of carbonyl (C=O) groups excluding carboxylic acids is 4. The summed E-state index contributed by atoms with van der Waals surface area (Å²) in [7, 11) is -1.57. The van der Waals surface area contributed by atoms with Crippen molar-refractivity contribution in [3.05, 3.63) is 137 Å². The topological polar surface area (TPSA) is 267 Å². The number of carbonyl (C=O) groups is 4. The fourth-order valence-electron chi connectivity index (χ4n) is 10.4. The lowest BCUT2D eigenvalue weighted by atomic mass is 9.83. The summed E-state index contributed by atoms with van der Waals surface area (Å²) in [6.45, 7) is 5.79. The second kappa shape index (κ2) is 23.3. The normalized spacial score (nSPS) is 17.6. The number of nitrogens with one attached hydrogen (secondary N) is 3. The van der Waals surface area contributed by atoms with E-state index < -0.39 is 55.8 Å². The van der Waals surface area contributed by atoms with Gasteiger partial charge in [0.1, 0.15) is 13.2 Å². The van der Waals surface area contributed by atoms with E-state index in [2.05, 4.69) is 14.8 Å². The molecule has 0 radical (unpaired) electrons. The van der Waals surface area contributed by atoms with Crippen LogP contribution in [-0.4, -0.2) is 116 Å². The molecule has 4 heterocycles. The maximum Gasteiger partial charge on any atom is 0.257 e. The number of anilines is 1. The Kier molecular flexibility index (Phi) is 16.4. The van der Waals surface area contributed by atoms with Crippen molar-refractivity contribution < 1.29 is 55.0 Å². The molecule has 1 unspecified atom stereocenters. The van der Waals surface area contributed by atoms with Crippen molar-refractivity contribution >= 4 is 84.3 Å². The summed E-state index contributed by atoms with van der Waals surface area (Å²) in [5.41, 5.74) is 12.2. The highest BCUT2D eigenvalue weighted by atomic mass is 32.2. The van der Waals surface area contributed by atoms with Gasteiger partial charge in [-0.3, -0.25) is 29.2 Å². The van der Waals surface area contributed by atoms with Crippen LogP contribution in [0.15, 0.2) is 123 Å². The van der Waals surface area contributed by atoms with Gasteiger partial charge in [0.2, 0.25) is 31.9 Å². The first-order valence-electron chi connectivity index (χ1n) is 25.8. The Bertz CT molecular complexity index is 3430. The highest BCUT2D eigenvalue weighted by molar-refractivity contribution is 7.89. The van der Waals surface area contributed by atoms with Crippen LogP contribution in [-0.2, 0) is 42.8 Å². The van der Waals surface area contributed by atoms with E-state index >= 15 is 0 Å². The minimum Gasteiger partial charge on any atom is -0.493 e. The average Bonchev–Trinajstić information content (AvgIpc) is 3.68. The molecule has 22 heteroatoms. The Morgan fingerprint density at radius 3 is 1.44 bits per heavy atom. The zero-order valence-electron chi connectivity index (χ0n) is 45.2. The fourth-order valence-corrected chi connectivity index (χ4v) is 11.9. The third-order valence-corrected chi connectivity index (χ3v) is 17.6. The number of benzene rings is 5. The Hall–Kier alpha value is -8.18. The molecule has 0 saturated heterocycles. The van der Waals surface area contributed by atoms with Crippen molar-refractivity contribution in [3.63, 3.8) is 0 Å². The number of rotatable bonds is 19. The number of sulfonamides is 2. The molecule has 0 bridgehead atoms.